The van der Waals surface area contributed by atoms with Crippen LogP contribution in [-0.2, 0) is 6.54 Å². The number of aromatic nitrogens is 2. The first kappa shape index (κ1) is 17.0. The second-order valence-electron chi connectivity index (χ2n) is 5.23. The quantitative estimate of drug-likeness (QED) is 0.738. The molecule has 0 spiro atoms. The van der Waals surface area contributed by atoms with Crippen molar-refractivity contribution < 1.29 is 0 Å². The molecule has 0 aliphatic carbocycles. The van der Waals surface area contributed by atoms with Crippen LogP contribution in [0.4, 0.5) is 5.69 Å². The SMILES string of the molecule is CC[C@H](C)c1ccc(NC(=S)NCCn2cc(Br)cn2)cc1. The van der Waals surface area contributed by atoms with Crippen LogP contribution in [0.15, 0.2) is 41.1 Å². The summed E-state index contributed by atoms with van der Waals surface area (Å²) in [7, 11) is 0. The summed E-state index contributed by atoms with van der Waals surface area (Å²) in [5, 5.41) is 11.2. The summed E-state index contributed by atoms with van der Waals surface area (Å²) in [6.07, 6.45) is 4.86. The topological polar surface area (TPSA) is 41.9 Å². The zero-order valence-corrected chi connectivity index (χ0v) is 15.2. The summed E-state index contributed by atoms with van der Waals surface area (Å²) in [6.45, 7) is 5.93. The van der Waals surface area contributed by atoms with E-state index in [2.05, 4.69) is 69.8 Å². The molecule has 2 rings (SSSR count). The van der Waals surface area contributed by atoms with E-state index in [0.29, 0.717) is 11.0 Å². The van der Waals surface area contributed by atoms with Gasteiger partial charge in [-0.25, -0.2) is 0 Å². The maximum absolute atomic E-state index is 5.30. The molecule has 0 saturated heterocycles. The van der Waals surface area contributed by atoms with Gasteiger partial charge in [0.15, 0.2) is 5.11 Å². The molecule has 1 atom stereocenters. The summed E-state index contributed by atoms with van der Waals surface area (Å²) in [6, 6.07) is 8.45. The van der Waals surface area contributed by atoms with Gasteiger partial charge < -0.3 is 10.6 Å². The molecule has 0 unspecified atom stereocenters. The van der Waals surface area contributed by atoms with Crippen LogP contribution in [0.2, 0.25) is 0 Å². The molecule has 0 saturated carbocycles. The minimum absolute atomic E-state index is 0.590. The number of benzene rings is 1. The molecule has 0 aliphatic rings. The van der Waals surface area contributed by atoms with Gasteiger partial charge in [0.25, 0.3) is 0 Å². The number of rotatable bonds is 6. The second-order valence-corrected chi connectivity index (χ2v) is 6.56. The fourth-order valence-corrected chi connectivity index (χ4v) is 2.60. The zero-order chi connectivity index (χ0) is 15.9. The third-order valence-corrected chi connectivity index (χ3v) is 4.23. The number of hydrogen-bond donors (Lipinski definition) is 2. The Labute approximate surface area is 145 Å². The van der Waals surface area contributed by atoms with Gasteiger partial charge in [-0.3, -0.25) is 4.68 Å². The predicted molar refractivity (Wildman–Crippen MR) is 99.3 cm³/mol. The highest BCUT2D eigenvalue weighted by atomic mass is 79.9. The Morgan fingerprint density at radius 1 is 1.36 bits per heavy atom. The first-order valence-electron chi connectivity index (χ1n) is 7.41. The number of nitrogens with zero attached hydrogens (tertiary/aromatic N) is 2. The van der Waals surface area contributed by atoms with Crippen LogP contribution in [0.5, 0.6) is 0 Å². The van der Waals surface area contributed by atoms with E-state index >= 15 is 0 Å². The molecule has 2 aromatic rings. The average Bonchev–Trinajstić information content (AvgIpc) is 2.92. The van der Waals surface area contributed by atoms with Crippen molar-refractivity contribution in [3.05, 3.63) is 46.7 Å². The molecule has 0 aliphatic heterocycles. The maximum atomic E-state index is 5.30. The summed E-state index contributed by atoms with van der Waals surface area (Å²) in [5.74, 6) is 0.590. The Kier molecular flexibility index (Phi) is 6.39. The molecule has 6 heteroatoms. The Morgan fingerprint density at radius 2 is 2.09 bits per heavy atom. The summed E-state index contributed by atoms with van der Waals surface area (Å²) in [4.78, 5) is 0. The van der Waals surface area contributed by atoms with E-state index in [-0.39, 0.29) is 0 Å². The molecule has 1 aromatic carbocycles. The molecule has 0 radical (unpaired) electrons. The lowest BCUT2D eigenvalue weighted by atomic mass is 9.99. The van der Waals surface area contributed by atoms with Crippen LogP contribution < -0.4 is 10.6 Å². The Bertz CT molecular complexity index is 609. The minimum atomic E-state index is 0.590. The molecular weight excluding hydrogens is 360 g/mol. The maximum Gasteiger partial charge on any atom is 0.170 e. The van der Waals surface area contributed by atoms with E-state index in [0.717, 1.165) is 29.7 Å². The van der Waals surface area contributed by atoms with Gasteiger partial charge in [0.1, 0.15) is 0 Å². The lowest BCUT2D eigenvalue weighted by molar-refractivity contribution is 0.604. The van der Waals surface area contributed by atoms with Gasteiger partial charge in [0, 0.05) is 18.4 Å². The summed E-state index contributed by atoms with van der Waals surface area (Å²) in [5.41, 5.74) is 2.36. The standard InChI is InChI=1S/C16H21BrN4S/c1-3-12(2)13-4-6-15(7-5-13)20-16(22)18-8-9-21-11-14(17)10-19-21/h4-7,10-12H,3,8-9H2,1-2H3,(H2,18,20,22)/t12-/m0/s1. The van der Waals surface area contributed by atoms with Crippen LogP contribution >= 0.6 is 28.1 Å². The van der Waals surface area contributed by atoms with Crippen molar-refractivity contribution in [3.63, 3.8) is 0 Å². The molecule has 22 heavy (non-hydrogen) atoms. The van der Waals surface area contributed by atoms with E-state index in [1.807, 2.05) is 10.9 Å². The first-order chi connectivity index (χ1) is 10.6. The van der Waals surface area contributed by atoms with Gasteiger partial charge in [-0.2, -0.15) is 5.10 Å². The molecule has 0 amide bonds. The summed E-state index contributed by atoms with van der Waals surface area (Å²) >= 11 is 8.68. The van der Waals surface area contributed by atoms with E-state index in [4.69, 9.17) is 12.2 Å². The Balaban J connectivity index is 1.76. The average molecular weight is 381 g/mol. The molecule has 118 valence electrons. The molecule has 0 fully saturated rings. The lowest BCUT2D eigenvalue weighted by Gasteiger charge is -2.13. The highest BCUT2D eigenvalue weighted by Gasteiger charge is 2.03. The Morgan fingerprint density at radius 3 is 2.68 bits per heavy atom. The van der Waals surface area contributed by atoms with Crippen molar-refractivity contribution in [3.8, 4) is 0 Å². The smallest absolute Gasteiger partial charge is 0.170 e. The van der Waals surface area contributed by atoms with Crippen LogP contribution in [-0.4, -0.2) is 21.4 Å². The van der Waals surface area contributed by atoms with Crippen molar-refractivity contribution in [2.24, 2.45) is 0 Å². The number of halogens is 1. The van der Waals surface area contributed by atoms with Crippen molar-refractivity contribution in [1.29, 1.82) is 0 Å². The third kappa shape index (κ3) is 5.10. The third-order valence-electron chi connectivity index (χ3n) is 3.58. The normalized spacial score (nSPS) is 12.0. The van der Waals surface area contributed by atoms with Gasteiger partial charge in [0.05, 0.1) is 17.2 Å². The fraction of sp³-hybridized carbons (Fsp3) is 0.375. The van der Waals surface area contributed by atoms with Crippen molar-refractivity contribution in [2.45, 2.75) is 32.7 Å². The number of anilines is 1. The van der Waals surface area contributed by atoms with Crippen LogP contribution in [0.3, 0.4) is 0 Å². The van der Waals surface area contributed by atoms with Crippen LogP contribution in [0.1, 0.15) is 31.7 Å². The van der Waals surface area contributed by atoms with Crippen LogP contribution in [0, 0.1) is 0 Å². The Hall–Kier alpha value is -1.40. The molecule has 1 heterocycles. The minimum Gasteiger partial charge on any atom is -0.361 e. The van der Waals surface area contributed by atoms with E-state index in [1.54, 1.807) is 6.20 Å². The number of thiocarbonyl (C=S) groups is 1. The molecular formula is C16H21BrN4S. The fourth-order valence-electron chi connectivity index (χ4n) is 2.05. The van der Waals surface area contributed by atoms with Crippen molar-refractivity contribution in [2.75, 3.05) is 11.9 Å². The molecule has 0 bridgehead atoms. The zero-order valence-electron chi connectivity index (χ0n) is 12.8. The molecule has 1 aromatic heterocycles. The highest BCUT2D eigenvalue weighted by Crippen LogP contribution is 2.20. The van der Waals surface area contributed by atoms with Crippen molar-refractivity contribution in [1.82, 2.24) is 15.1 Å². The van der Waals surface area contributed by atoms with E-state index < -0.39 is 0 Å². The number of nitrogens with one attached hydrogen (secondary N) is 2. The highest BCUT2D eigenvalue weighted by molar-refractivity contribution is 9.10. The van der Waals surface area contributed by atoms with Gasteiger partial charge in [-0.1, -0.05) is 26.0 Å². The molecule has 2 N–H and O–H groups in total. The number of hydrogen-bond acceptors (Lipinski definition) is 2. The predicted octanol–water partition coefficient (Wildman–Crippen LogP) is 4.15. The monoisotopic (exact) mass is 380 g/mol. The second kappa shape index (κ2) is 8.29. The first-order valence-corrected chi connectivity index (χ1v) is 8.61. The van der Waals surface area contributed by atoms with E-state index in [9.17, 15) is 0 Å². The van der Waals surface area contributed by atoms with Crippen LogP contribution in [0.25, 0.3) is 0 Å². The van der Waals surface area contributed by atoms with Gasteiger partial charge in [0.2, 0.25) is 0 Å². The lowest BCUT2D eigenvalue weighted by Crippen LogP contribution is -2.31. The van der Waals surface area contributed by atoms with Crippen molar-refractivity contribution >= 4 is 38.9 Å². The summed E-state index contributed by atoms with van der Waals surface area (Å²) < 4.78 is 2.84. The van der Waals surface area contributed by atoms with E-state index in [1.165, 1.54) is 5.56 Å². The largest absolute Gasteiger partial charge is 0.361 e. The molecule has 4 nitrogen and oxygen atoms in total. The van der Waals surface area contributed by atoms with Gasteiger partial charge in [-0.05, 0) is 58.2 Å². The van der Waals surface area contributed by atoms with Gasteiger partial charge >= 0.3 is 0 Å². The van der Waals surface area contributed by atoms with Gasteiger partial charge in [-0.15, -0.1) is 0 Å².